The summed E-state index contributed by atoms with van der Waals surface area (Å²) in [4.78, 5) is 10.3. The lowest BCUT2D eigenvalue weighted by molar-refractivity contribution is -0.146. The second-order valence-electron chi connectivity index (χ2n) is 4.89. The van der Waals surface area contributed by atoms with Gasteiger partial charge < -0.3 is 30.3 Å². The summed E-state index contributed by atoms with van der Waals surface area (Å²) in [5.41, 5.74) is 0. The number of hydrogen-bond donors (Lipinski definition) is 5. The summed E-state index contributed by atoms with van der Waals surface area (Å²) in [6, 6.07) is 0. The van der Waals surface area contributed by atoms with Gasteiger partial charge in [0.15, 0.2) is 6.29 Å². The highest BCUT2D eigenvalue weighted by molar-refractivity contribution is 6.79. The molecule has 5 N–H and O–H groups in total. The molecule has 96 valence electrons. The fourth-order valence-corrected chi connectivity index (χ4v) is 2.86. The van der Waals surface area contributed by atoms with Gasteiger partial charge in [-0.1, -0.05) is 19.6 Å². The Bertz CT molecular complexity index is 241. The summed E-state index contributed by atoms with van der Waals surface area (Å²) < 4.78 is 0. The van der Waals surface area contributed by atoms with E-state index in [1.165, 1.54) is 0 Å². The zero-order valence-electron chi connectivity index (χ0n) is 9.66. The fraction of sp³-hybridized carbons (Fsp3) is 0.889. The molecule has 0 radical (unpaired) electrons. The third-order valence-electron chi connectivity index (χ3n) is 2.84. The molecule has 0 amide bonds. The summed E-state index contributed by atoms with van der Waals surface area (Å²) in [7, 11) is -2.43. The van der Waals surface area contributed by atoms with Crippen molar-refractivity contribution in [3.63, 3.8) is 0 Å². The molecule has 0 aromatic heterocycles. The van der Waals surface area contributed by atoms with Crippen molar-refractivity contribution >= 4 is 14.4 Å². The van der Waals surface area contributed by atoms with Crippen molar-refractivity contribution in [1.82, 2.24) is 0 Å². The van der Waals surface area contributed by atoms with E-state index in [0.717, 1.165) is 0 Å². The molecule has 0 saturated carbocycles. The topological polar surface area (TPSA) is 118 Å². The number of aldehydes is 1. The first-order valence-corrected chi connectivity index (χ1v) is 8.44. The molecule has 0 spiro atoms. The first-order valence-electron chi connectivity index (χ1n) is 4.94. The van der Waals surface area contributed by atoms with Gasteiger partial charge >= 0.3 is 0 Å². The minimum atomic E-state index is -2.43. The molecule has 0 aliphatic rings. The van der Waals surface area contributed by atoms with Gasteiger partial charge in [0.1, 0.15) is 23.5 Å². The van der Waals surface area contributed by atoms with Crippen LogP contribution in [0.4, 0.5) is 0 Å². The van der Waals surface area contributed by atoms with E-state index in [1.807, 2.05) is 0 Å². The van der Waals surface area contributed by atoms with Crippen LogP contribution < -0.4 is 0 Å². The molecule has 0 rings (SSSR count). The second-order valence-corrected chi connectivity index (χ2v) is 10.3. The van der Waals surface area contributed by atoms with Crippen LogP contribution in [-0.2, 0) is 4.79 Å². The zero-order valence-corrected chi connectivity index (χ0v) is 10.7. The van der Waals surface area contributed by atoms with Crippen molar-refractivity contribution in [2.24, 2.45) is 0 Å². The summed E-state index contributed by atoms with van der Waals surface area (Å²) in [6.07, 6.45) is -5.31. The van der Waals surface area contributed by atoms with Crippen LogP contribution in [0.2, 0.25) is 19.6 Å². The summed E-state index contributed by atoms with van der Waals surface area (Å²) in [5, 5.41) is 45.6. The predicted molar refractivity (Wildman–Crippen MR) is 59.5 cm³/mol. The number of aliphatic hydroxyl groups is 5. The number of hydrogen-bond acceptors (Lipinski definition) is 6. The van der Waals surface area contributed by atoms with E-state index in [-0.39, 0.29) is 6.29 Å². The minimum Gasteiger partial charge on any atom is -0.394 e. The molecule has 7 heteroatoms. The Balaban J connectivity index is 5.05. The Morgan fingerprint density at radius 3 is 1.94 bits per heavy atom. The SMILES string of the molecule is C[Si](C)(C)[C@@](O)(CO)[C@H](O)[C@H](O)[C@@H](O)C=O. The van der Waals surface area contributed by atoms with Gasteiger partial charge in [-0.15, -0.1) is 0 Å². The molecular formula is C9H20O6Si. The molecule has 0 unspecified atom stereocenters. The van der Waals surface area contributed by atoms with Crippen LogP contribution in [0, 0.1) is 0 Å². The first kappa shape index (κ1) is 15.7. The van der Waals surface area contributed by atoms with Gasteiger partial charge in [-0.3, -0.25) is 0 Å². The van der Waals surface area contributed by atoms with Gasteiger partial charge in [0.25, 0.3) is 0 Å². The molecule has 0 bridgehead atoms. The molecule has 0 aliphatic carbocycles. The van der Waals surface area contributed by atoms with E-state index in [2.05, 4.69) is 0 Å². The van der Waals surface area contributed by atoms with E-state index in [1.54, 1.807) is 19.6 Å². The molecular weight excluding hydrogens is 232 g/mol. The third-order valence-corrected chi connectivity index (χ3v) is 5.89. The maximum atomic E-state index is 10.3. The van der Waals surface area contributed by atoms with Gasteiger partial charge in [0.2, 0.25) is 0 Å². The molecule has 0 saturated heterocycles. The maximum Gasteiger partial charge on any atom is 0.151 e. The van der Waals surface area contributed by atoms with Crippen molar-refractivity contribution < 1.29 is 30.3 Å². The Hall–Kier alpha value is -0.313. The van der Waals surface area contributed by atoms with Gasteiger partial charge in [0.05, 0.1) is 14.7 Å². The predicted octanol–water partition coefficient (Wildman–Crippen LogP) is -2.13. The van der Waals surface area contributed by atoms with Crippen LogP contribution in [0.1, 0.15) is 0 Å². The quantitative estimate of drug-likeness (QED) is 0.272. The standard InChI is InChI=1S/C9H20O6Si/c1-16(2,3)9(15,5-11)8(14)7(13)6(12)4-10/h4,6-8,11-15H,5H2,1-3H3/t6-,7+,8+,9-/m0/s1. The van der Waals surface area contributed by atoms with E-state index in [4.69, 9.17) is 10.2 Å². The van der Waals surface area contributed by atoms with Gasteiger partial charge in [0, 0.05) is 0 Å². The Morgan fingerprint density at radius 2 is 1.69 bits per heavy atom. The number of carbonyl (C=O) groups is 1. The van der Waals surface area contributed by atoms with Gasteiger partial charge in [-0.05, 0) is 0 Å². The Labute approximate surface area is 95.2 Å². The molecule has 16 heavy (non-hydrogen) atoms. The van der Waals surface area contributed by atoms with E-state index in [0.29, 0.717) is 0 Å². The fourth-order valence-electron chi connectivity index (χ4n) is 1.32. The lowest BCUT2D eigenvalue weighted by atomic mass is 10.0. The molecule has 0 aliphatic heterocycles. The van der Waals surface area contributed by atoms with Crippen molar-refractivity contribution in [1.29, 1.82) is 0 Å². The van der Waals surface area contributed by atoms with Crippen LogP contribution in [0.5, 0.6) is 0 Å². The smallest absolute Gasteiger partial charge is 0.151 e. The van der Waals surface area contributed by atoms with Crippen LogP contribution in [-0.4, -0.2) is 70.0 Å². The summed E-state index contributed by atoms with van der Waals surface area (Å²) >= 11 is 0. The van der Waals surface area contributed by atoms with Crippen LogP contribution in [0.3, 0.4) is 0 Å². The third kappa shape index (κ3) is 2.87. The average molecular weight is 252 g/mol. The number of rotatable bonds is 6. The van der Waals surface area contributed by atoms with Crippen molar-refractivity contribution in [2.45, 2.75) is 43.2 Å². The minimum absolute atomic E-state index is 0.0654. The van der Waals surface area contributed by atoms with Crippen LogP contribution in [0.15, 0.2) is 0 Å². The van der Waals surface area contributed by atoms with Gasteiger partial charge in [-0.2, -0.15) is 0 Å². The highest BCUT2D eigenvalue weighted by Gasteiger charge is 2.50. The number of carbonyl (C=O) groups excluding carboxylic acids is 1. The van der Waals surface area contributed by atoms with E-state index < -0.39 is 38.2 Å². The average Bonchev–Trinajstić information content (AvgIpc) is 2.22. The Morgan fingerprint density at radius 1 is 1.25 bits per heavy atom. The summed E-state index contributed by atoms with van der Waals surface area (Å²) in [5.74, 6) is 0. The number of aliphatic hydroxyl groups excluding tert-OH is 4. The summed E-state index contributed by atoms with van der Waals surface area (Å²) in [6.45, 7) is 4.32. The molecule has 0 aromatic carbocycles. The highest BCUT2D eigenvalue weighted by atomic mass is 28.3. The normalized spacial score (nSPS) is 22.0. The monoisotopic (exact) mass is 252 g/mol. The van der Waals surface area contributed by atoms with E-state index >= 15 is 0 Å². The highest BCUT2D eigenvalue weighted by Crippen LogP contribution is 2.26. The van der Waals surface area contributed by atoms with Crippen molar-refractivity contribution in [3.8, 4) is 0 Å². The zero-order chi connectivity index (χ0) is 13.1. The van der Waals surface area contributed by atoms with Crippen LogP contribution in [0.25, 0.3) is 0 Å². The lowest BCUT2D eigenvalue weighted by Gasteiger charge is -2.43. The lowest BCUT2D eigenvalue weighted by Crippen LogP contribution is -2.67. The first-order chi connectivity index (χ1) is 7.11. The second kappa shape index (κ2) is 5.35. The van der Waals surface area contributed by atoms with E-state index in [9.17, 15) is 20.1 Å². The molecule has 4 atom stereocenters. The van der Waals surface area contributed by atoms with Gasteiger partial charge in [-0.25, -0.2) is 0 Å². The molecule has 0 aromatic rings. The van der Waals surface area contributed by atoms with Crippen molar-refractivity contribution in [3.05, 3.63) is 0 Å². The Kier molecular flexibility index (Phi) is 5.24. The van der Waals surface area contributed by atoms with Crippen molar-refractivity contribution in [2.75, 3.05) is 6.61 Å². The molecule has 0 fully saturated rings. The molecule has 6 nitrogen and oxygen atoms in total. The molecule has 0 heterocycles. The maximum absolute atomic E-state index is 10.3. The largest absolute Gasteiger partial charge is 0.394 e. The van der Waals surface area contributed by atoms with Crippen LogP contribution >= 0.6 is 0 Å².